The number of morpholine rings is 1. The monoisotopic (exact) mass is 280 g/mol. The molecule has 0 aromatic heterocycles. The van der Waals surface area contributed by atoms with Crippen LogP contribution < -0.4 is 9.47 Å². The summed E-state index contributed by atoms with van der Waals surface area (Å²) in [6.07, 6.45) is 1.36. The average Bonchev–Trinajstić information content (AvgIpc) is 2.49. The molecule has 0 radical (unpaired) electrons. The summed E-state index contributed by atoms with van der Waals surface area (Å²) in [6, 6.07) is 5.38. The molecule has 1 saturated heterocycles. The topological polar surface area (TPSA) is 63.5 Å². The highest BCUT2D eigenvalue weighted by atomic mass is 16.5. The number of benzene rings is 1. The Hall–Kier alpha value is -1.79. The van der Waals surface area contributed by atoms with Crippen molar-refractivity contribution in [3.05, 3.63) is 23.8 Å². The van der Waals surface area contributed by atoms with Crippen molar-refractivity contribution >= 4 is 6.21 Å². The van der Waals surface area contributed by atoms with Gasteiger partial charge in [0, 0.05) is 25.2 Å². The Morgan fingerprint density at radius 3 is 2.85 bits per heavy atom. The van der Waals surface area contributed by atoms with Crippen LogP contribution in [0.4, 0.5) is 0 Å². The van der Waals surface area contributed by atoms with Gasteiger partial charge in [-0.15, -0.1) is 0 Å². The lowest BCUT2D eigenvalue weighted by atomic mass is 10.2. The summed E-state index contributed by atoms with van der Waals surface area (Å²) >= 11 is 0. The molecule has 0 bridgehead atoms. The molecule has 6 nitrogen and oxygen atoms in total. The van der Waals surface area contributed by atoms with E-state index in [2.05, 4.69) is 10.1 Å². The Bertz CT molecular complexity index is 445. The summed E-state index contributed by atoms with van der Waals surface area (Å²) in [5.41, 5.74) is 0.759. The molecular formula is C14H20N2O4. The largest absolute Gasteiger partial charge is 0.493 e. The summed E-state index contributed by atoms with van der Waals surface area (Å²) in [6.45, 7) is 4.88. The van der Waals surface area contributed by atoms with Crippen LogP contribution in [0.5, 0.6) is 11.5 Å². The lowest BCUT2D eigenvalue weighted by Gasteiger charge is -2.26. The summed E-state index contributed by atoms with van der Waals surface area (Å²) in [7, 11) is 1.60. The molecule has 1 heterocycles. The van der Waals surface area contributed by atoms with Gasteiger partial charge in [-0.05, 0) is 18.2 Å². The quantitative estimate of drug-likeness (QED) is 0.482. The normalized spacial score (nSPS) is 16.4. The second kappa shape index (κ2) is 7.72. The molecule has 0 atom stereocenters. The van der Waals surface area contributed by atoms with Gasteiger partial charge in [-0.3, -0.25) is 4.90 Å². The molecule has 1 aromatic rings. The van der Waals surface area contributed by atoms with E-state index < -0.39 is 0 Å². The first-order valence-electron chi connectivity index (χ1n) is 6.62. The van der Waals surface area contributed by atoms with Gasteiger partial charge in [-0.1, -0.05) is 5.16 Å². The van der Waals surface area contributed by atoms with Gasteiger partial charge in [0.15, 0.2) is 11.5 Å². The van der Waals surface area contributed by atoms with E-state index in [9.17, 15) is 0 Å². The Morgan fingerprint density at radius 1 is 1.35 bits per heavy atom. The van der Waals surface area contributed by atoms with E-state index in [1.54, 1.807) is 25.3 Å². The van der Waals surface area contributed by atoms with Crippen LogP contribution >= 0.6 is 0 Å². The summed E-state index contributed by atoms with van der Waals surface area (Å²) in [5.74, 6) is 1.32. The first kappa shape index (κ1) is 14.6. The average molecular weight is 280 g/mol. The zero-order valence-electron chi connectivity index (χ0n) is 11.6. The highest BCUT2D eigenvalue weighted by Gasteiger charge is 2.11. The number of hydrogen-bond donors (Lipinski definition) is 1. The van der Waals surface area contributed by atoms with Gasteiger partial charge in [0.25, 0.3) is 0 Å². The molecule has 0 saturated carbocycles. The first-order chi connectivity index (χ1) is 9.83. The molecule has 2 rings (SSSR count). The fraction of sp³-hybridized carbons (Fsp3) is 0.500. The number of methoxy groups -OCH3 is 1. The van der Waals surface area contributed by atoms with Gasteiger partial charge in [0.1, 0.15) is 6.61 Å². The van der Waals surface area contributed by atoms with Gasteiger partial charge in [0.2, 0.25) is 0 Å². The molecule has 1 N–H and O–H groups in total. The third-order valence-corrected chi connectivity index (χ3v) is 3.16. The zero-order chi connectivity index (χ0) is 14.2. The van der Waals surface area contributed by atoms with E-state index in [0.29, 0.717) is 18.1 Å². The van der Waals surface area contributed by atoms with Gasteiger partial charge >= 0.3 is 0 Å². The number of hydrogen-bond acceptors (Lipinski definition) is 6. The highest BCUT2D eigenvalue weighted by molar-refractivity contribution is 5.80. The van der Waals surface area contributed by atoms with Gasteiger partial charge < -0.3 is 19.4 Å². The summed E-state index contributed by atoms with van der Waals surface area (Å²) in [4.78, 5) is 2.30. The molecule has 20 heavy (non-hydrogen) atoms. The minimum atomic E-state index is 0.579. The molecular weight excluding hydrogens is 260 g/mol. The first-order valence-corrected chi connectivity index (χ1v) is 6.62. The molecule has 1 fully saturated rings. The molecule has 0 aliphatic carbocycles. The predicted octanol–water partition coefficient (Wildman–Crippen LogP) is 1.21. The lowest BCUT2D eigenvalue weighted by molar-refractivity contribution is 0.0321. The van der Waals surface area contributed by atoms with Crippen molar-refractivity contribution in [3.63, 3.8) is 0 Å². The van der Waals surface area contributed by atoms with Crippen molar-refractivity contribution in [1.29, 1.82) is 0 Å². The SMILES string of the molecule is COc1ccc(/C=N/O)cc1OCCN1CCOCC1. The maximum absolute atomic E-state index is 8.56. The predicted molar refractivity (Wildman–Crippen MR) is 75.1 cm³/mol. The lowest BCUT2D eigenvalue weighted by Crippen LogP contribution is -2.38. The molecule has 110 valence electrons. The number of oxime groups is 1. The summed E-state index contributed by atoms with van der Waals surface area (Å²) < 4.78 is 16.3. The molecule has 0 unspecified atom stereocenters. The molecule has 0 spiro atoms. The smallest absolute Gasteiger partial charge is 0.161 e. The van der Waals surface area contributed by atoms with Gasteiger partial charge in [-0.25, -0.2) is 0 Å². The van der Waals surface area contributed by atoms with Crippen LogP contribution in [-0.2, 0) is 4.74 Å². The van der Waals surface area contributed by atoms with Crippen molar-refractivity contribution < 1.29 is 19.4 Å². The summed E-state index contributed by atoms with van der Waals surface area (Å²) in [5, 5.41) is 11.6. The second-order valence-electron chi connectivity index (χ2n) is 4.46. The van der Waals surface area contributed by atoms with E-state index in [0.717, 1.165) is 38.4 Å². The zero-order valence-corrected chi connectivity index (χ0v) is 11.6. The highest BCUT2D eigenvalue weighted by Crippen LogP contribution is 2.27. The maximum atomic E-state index is 8.56. The third kappa shape index (κ3) is 4.11. The number of rotatable bonds is 6. The van der Waals surface area contributed by atoms with E-state index >= 15 is 0 Å². The van der Waals surface area contributed by atoms with Crippen LogP contribution in [0.1, 0.15) is 5.56 Å². The Kier molecular flexibility index (Phi) is 5.64. The second-order valence-corrected chi connectivity index (χ2v) is 4.46. The minimum absolute atomic E-state index is 0.579. The Labute approximate surface area is 118 Å². The van der Waals surface area contributed by atoms with Crippen LogP contribution in [0.3, 0.4) is 0 Å². The Morgan fingerprint density at radius 2 is 2.15 bits per heavy atom. The third-order valence-electron chi connectivity index (χ3n) is 3.16. The maximum Gasteiger partial charge on any atom is 0.161 e. The minimum Gasteiger partial charge on any atom is -0.493 e. The van der Waals surface area contributed by atoms with E-state index in [1.165, 1.54) is 6.21 Å². The number of ether oxygens (including phenoxy) is 3. The van der Waals surface area contributed by atoms with Crippen molar-refractivity contribution in [1.82, 2.24) is 4.90 Å². The van der Waals surface area contributed by atoms with Gasteiger partial charge in [-0.2, -0.15) is 0 Å². The van der Waals surface area contributed by atoms with E-state index in [-0.39, 0.29) is 0 Å². The fourth-order valence-electron chi connectivity index (χ4n) is 2.06. The number of nitrogens with zero attached hydrogens (tertiary/aromatic N) is 2. The molecule has 1 aliphatic heterocycles. The fourth-order valence-corrected chi connectivity index (χ4v) is 2.06. The van der Waals surface area contributed by atoms with Crippen molar-refractivity contribution in [3.8, 4) is 11.5 Å². The van der Waals surface area contributed by atoms with E-state index in [1.807, 2.05) is 0 Å². The molecule has 1 aromatic carbocycles. The molecule has 6 heteroatoms. The van der Waals surface area contributed by atoms with E-state index in [4.69, 9.17) is 19.4 Å². The van der Waals surface area contributed by atoms with Crippen molar-refractivity contribution in [2.75, 3.05) is 46.6 Å². The molecule has 1 aliphatic rings. The standard InChI is InChI=1S/C14H20N2O4/c1-18-13-3-2-12(11-15-17)10-14(13)20-9-6-16-4-7-19-8-5-16/h2-3,10-11,17H,4-9H2,1H3/b15-11+. The van der Waals surface area contributed by atoms with Crippen LogP contribution in [0.25, 0.3) is 0 Å². The van der Waals surface area contributed by atoms with Crippen LogP contribution in [0.15, 0.2) is 23.4 Å². The molecule has 0 amide bonds. The Balaban J connectivity index is 1.91. The van der Waals surface area contributed by atoms with Crippen LogP contribution in [0, 0.1) is 0 Å². The van der Waals surface area contributed by atoms with Gasteiger partial charge in [0.05, 0.1) is 26.5 Å². The van der Waals surface area contributed by atoms with Crippen LogP contribution in [-0.4, -0.2) is 62.9 Å². The van der Waals surface area contributed by atoms with Crippen LogP contribution in [0.2, 0.25) is 0 Å². The van der Waals surface area contributed by atoms with Crippen molar-refractivity contribution in [2.24, 2.45) is 5.16 Å². The van der Waals surface area contributed by atoms with Crippen molar-refractivity contribution in [2.45, 2.75) is 0 Å².